The van der Waals surface area contributed by atoms with Gasteiger partial charge in [0.25, 0.3) is 0 Å². The van der Waals surface area contributed by atoms with Crippen molar-refractivity contribution in [3.8, 4) is 11.8 Å². The van der Waals surface area contributed by atoms with Crippen molar-refractivity contribution in [1.82, 2.24) is 5.32 Å². The van der Waals surface area contributed by atoms with Crippen molar-refractivity contribution in [3.63, 3.8) is 0 Å². The lowest BCUT2D eigenvalue weighted by Gasteiger charge is -2.43. The van der Waals surface area contributed by atoms with Crippen LogP contribution in [0.1, 0.15) is 25.7 Å². The van der Waals surface area contributed by atoms with Gasteiger partial charge in [0.1, 0.15) is 6.10 Å². The van der Waals surface area contributed by atoms with Crippen LogP contribution in [-0.4, -0.2) is 24.5 Å². The molecule has 0 aromatic heterocycles. The van der Waals surface area contributed by atoms with Crippen LogP contribution in [0.2, 0.25) is 0 Å². The predicted molar refractivity (Wildman–Crippen MR) is 72.1 cm³/mol. The molecule has 4 rings (SSSR count). The normalized spacial score (nSPS) is 37.2. The molecule has 1 amide bonds. The molecule has 4 aliphatic rings. The first-order valence-corrected chi connectivity index (χ1v) is 7.30. The predicted octanol–water partition coefficient (Wildman–Crippen LogP) is 1.50. The summed E-state index contributed by atoms with van der Waals surface area (Å²) in [6.45, 7) is 0.650. The standard InChI is InChI=1S/C14H14BrNO3/c15-10-8-14-5-3-1-2-4-6-16-12(17)9(14)7-11(10)19-13(14)18/h8-9,11H,1-2,4,6-7H2,(H,16,17)/t9-,11-,14-/m0/s1. The van der Waals surface area contributed by atoms with Gasteiger partial charge in [0, 0.05) is 23.9 Å². The largest absolute Gasteiger partial charge is 0.456 e. The van der Waals surface area contributed by atoms with E-state index in [-0.39, 0.29) is 18.0 Å². The Labute approximate surface area is 120 Å². The molecule has 0 radical (unpaired) electrons. The molecule has 3 heterocycles. The van der Waals surface area contributed by atoms with Gasteiger partial charge in [-0.05, 0) is 18.9 Å². The van der Waals surface area contributed by atoms with Crippen molar-refractivity contribution in [3.05, 3.63) is 10.6 Å². The smallest absolute Gasteiger partial charge is 0.329 e. The zero-order chi connectivity index (χ0) is 13.5. The molecule has 1 saturated heterocycles. The summed E-state index contributed by atoms with van der Waals surface area (Å²) < 4.78 is 6.16. The van der Waals surface area contributed by atoms with Crippen LogP contribution in [0.4, 0.5) is 0 Å². The van der Waals surface area contributed by atoms with E-state index in [1.54, 1.807) is 6.08 Å². The Bertz CT molecular complexity index is 531. The van der Waals surface area contributed by atoms with Gasteiger partial charge in [0.05, 0.1) is 5.92 Å². The fourth-order valence-corrected chi connectivity index (χ4v) is 3.47. The lowest BCUT2D eigenvalue weighted by atomic mass is 9.67. The molecule has 1 fully saturated rings. The fourth-order valence-electron chi connectivity index (χ4n) is 2.83. The van der Waals surface area contributed by atoms with Gasteiger partial charge < -0.3 is 10.1 Å². The van der Waals surface area contributed by atoms with Crippen molar-refractivity contribution in [2.75, 3.05) is 6.54 Å². The molecule has 0 saturated carbocycles. The molecule has 1 aliphatic carbocycles. The van der Waals surface area contributed by atoms with Crippen molar-refractivity contribution < 1.29 is 14.3 Å². The molecule has 1 spiro atoms. The lowest BCUT2D eigenvalue weighted by molar-refractivity contribution is -0.170. The van der Waals surface area contributed by atoms with Crippen LogP contribution in [0.25, 0.3) is 0 Å². The molecule has 2 bridgehead atoms. The summed E-state index contributed by atoms with van der Waals surface area (Å²) in [6, 6.07) is 0. The summed E-state index contributed by atoms with van der Waals surface area (Å²) in [7, 11) is 0. The Kier molecular flexibility index (Phi) is 3.14. The minimum Gasteiger partial charge on any atom is -0.456 e. The minimum atomic E-state index is -1.10. The second kappa shape index (κ2) is 4.68. The number of amides is 1. The van der Waals surface area contributed by atoms with Gasteiger partial charge in [0.15, 0.2) is 5.41 Å². The number of esters is 1. The molecule has 0 aromatic carbocycles. The molecule has 4 nitrogen and oxygen atoms in total. The first-order chi connectivity index (χ1) is 9.13. The number of hydrogen-bond donors (Lipinski definition) is 1. The fraction of sp³-hybridized carbons (Fsp3) is 0.571. The lowest BCUT2D eigenvalue weighted by Crippen LogP contribution is -2.55. The minimum absolute atomic E-state index is 0.0888. The van der Waals surface area contributed by atoms with Crippen LogP contribution in [-0.2, 0) is 14.3 Å². The van der Waals surface area contributed by atoms with E-state index in [1.165, 1.54) is 0 Å². The summed E-state index contributed by atoms with van der Waals surface area (Å²) in [5.41, 5.74) is -1.10. The van der Waals surface area contributed by atoms with Crippen LogP contribution in [0.15, 0.2) is 10.6 Å². The van der Waals surface area contributed by atoms with E-state index in [1.807, 2.05) is 0 Å². The number of nitrogens with one attached hydrogen (secondary N) is 1. The average Bonchev–Trinajstić information content (AvgIpc) is 2.38. The van der Waals surface area contributed by atoms with Crippen molar-refractivity contribution in [2.24, 2.45) is 11.3 Å². The molecule has 5 heteroatoms. The Hall–Kier alpha value is -1.28. The number of ether oxygens (including phenoxy) is 1. The third-order valence-electron chi connectivity index (χ3n) is 3.90. The number of carbonyl (C=O) groups excluding carboxylic acids is 2. The third kappa shape index (κ3) is 1.99. The Morgan fingerprint density at radius 3 is 3.11 bits per heavy atom. The monoisotopic (exact) mass is 323 g/mol. The van der Waals surface area contributed by atoms with Gasteiger partial charge in [-0.25, -0.2) is 0 Å². The average molecular weight is 324 g/mol. The maximum atomic E-state index is 12.3. The molecule has 0 aromatic rings. The van der Waals surface area contributed by atoms with E-state index in [0.717, 1.165) is 23.7 Å². The molecular formula is C14H14BrNO3. The van der Waals surface area contributed by atoms with Gasteiger partial charge >= 0.3 is 5.97 Å². The van der Waals surface area contributed by atoms with Crippen molar-refractivity contribution in [2.45, 2.75) is 31.8 Å². The second-order valence-corrected chi connectivity index (χ2v) is 6.05. The molecule has 100 valence electrons. The summed E-state index contributed by atoms with van der Waals surface area (Å²) in [6.07, 6.45) is 4.53. The number of rotatable bonds is 0. The van der Waals surface area contributed by atoms with Crippen LogP contribution in [0, 0.1) is 23.2 Å². The first kappa shape index (κ1) is 12.7. The molecule has 3 atom stereocenters. The van der Waals surface area contributed by atoms with Crippen molar-refractivity contribution >= 4 is 27.8 Å². The number of fused-ring (bicyclic) bond motifs is 1. The van der Waals surface area contributed by atoms with E-state index in [9.17, 15) is 9.59 Å². The molecule has 19 heavy (non-hydrogen) atoms. The van der Waals surface area contributed by atoms with Gasteiger partial charge in [-0.3, -0.25) is 9.59 Å². The SMILES string of the molecule is O=C1NCCCCC#C[C@]23C=C(Br)[C@H](C[C@@H]12)OC3=O. The van der Waals surface area contributed by atoms with Crippen LogP contribution >= 0.6 is 15.9 Å². The van der Waals surface area contributed by atoms with Crippen molar-refractivity contribution in [1.29, 1.82) is 0 Å². The molecule has 3 aliphatic heterocycles. The third-order valence-corrected chi connectivity index (χ3v) is 4.64. The maximum absolute atomic E-state index is 12.3. The second-order valence-electron chi connectivity index (χ2n) is 5.13. The van der Waals surface area contributed by atoms with Gasteiger partial charge in [-0.2, -0.15) is 0 Å². The van der Waals surface area contributed by atoms with Crippen LogP contribution in [0.5, 0.6) is 0 Å². The van der Waals surface area contributed by atoms with E-state index in [0.29, 0.717) is 13.0 Å². The van der Waals surface area contributed by atoms with E-state index >= 15 is 0 Å². The summed E-state index contributed by atoms with van der Waals surface area (Å²) in [5, 5.41) is 2.91. The number of hydrogen-bond acceptors (Lipinski definition) is 3. The number of halogens is 1. The summed E-state index contributed by atoms with van der Waals surface area (Å²) in [5.74, 6) is 5.14. The summed E-state index contributed by atoms with van der Waals surface area (Å²) >= 11 is 3.41. The molecular weight excluding hydrogens is 310 g/mol. The highest BCUT2D eigenvalue weighted by atomic mass is 79.9. The van der Waals surface area contributed by atoms with E-state index in [4.69, 9.17) is 4.74 Å². The molecule has 1 N–H and O–H groups in total. The van der Waals surface area contributed by atoms with Crippen LogP contribution in [0.3, 0.4) is 0 Å². The van der Waals surface area contributed by atoms with E-state index < -0.39 is 11.3 Å². The first-order valence-electron chi connectivity index (χ1n) is 6.50. The highest BCUT2D eigenvalue weighted by Gasteiger charge is 2.57. The maximum Gasteiger partial charge on any atom is 0.329 e. The summed E-state index contributed by atoms with van der Waals surface area (Å²) in [4.78, 5) is 24.5. The highest BCUT2D eigenvalue weighted by molar-refractivity contribution is 9.11. The van der Waals surface area contributed by atoms with Gasteiger partial charge in [0.2, 0.25) is 5.91 Å². The topological polar surface area (TPSA) is 55.4 Å². The Morgan fingerprint density at radius 2 is 2.26 bits per heavy atom. The van der Waals surface area contributed by atoms with E-state index in [2.05, 4.69) is 33.1 Å². The highest BCUT2D eigenvalue weighted by Crippen LogP contribution is 2.48. The Balaban J connectivity index is 2.09. The molecule has 0 unspecified atom stereocenters. The quantitative estimate of drug-likeness (QED) is 0.543. The van der Waals surface area contributed by atoms with Crippen LogP contribution < -0.4 is 5.32 Å². The number of carbonyl (C=O) groups is 2. The zero-order valence-electron chi connectivity index (χ0n) is 10.4. The van der Waals surface area contributed by atoms with Gasteiger partial charge in [-0.1, -0.05) is 21.9 Å². The zero-order valence-corrected chi connectivity index (χ0v) is 12.0. The van der Waals surface area contributed by atoms with Gasteiger partial charge in [-0.15, -0.1) is 5.92 Å². The Morgan fingerprint density at radius 1 is 1.42 bits per heavy atom.